The molecule has 0 aliphatic rings. The highest BCUT2D eigenvalue weighted by molar-refractivity contribution is 5.43. The summed E-state index contributed by atoms with van der Waals surface area (Å²) in [5.74, 6) is 2.02. The lowest BCUT2D eigenvalue weighted by atomic mass is 10.1. The topological polar surface area (TPSA) is 50.5 Å². The van der Waals surface area contributed by atoms with Gasteiger partial charge in [-0.25, -0.2) is 4.68 Å². The van der Waals surface area contributed by atoms with Gasteiger partial charge in [-0.2, -0.15) is 5.10 Å². The molecule has 0 fully saturated rings. The summed E-state index contributed by atoms with van der Waals surface area (Å²) in [4.78, 5) is 2.29. The number of rotatable bonds is 10. The van der Waals surface area contributed by atoms with Crippen molar-refractivity contribution in [1.82, 2.24) is 14.7 Å². The molecule has 3 aromatic rings. The zero-order valence-electron chi connectivity index (χ0n) is 18.5. The molecule has 0 saturated carbocycles. The molecule has 0 amide bonds. The van der Waals surface area contributed by atoms with Crippen LogP contribution in [0.3, 0.4) is 0 Å². The van der Waals surface area contributed by atoms with Crippen LogP contribution in [-0.2, 0) is 13.0 Å². The average Bonchev–Trinajstić information content (AvgIpc) is 3.05. The van der Waals surface area contributed by atoms with Gasteiger partial charge in [0.15, 0.2) is 0 Å². The maximum Gasteiger partial charge on any atom is 0.227 e. The van der Waals surface area contributed by atoms with Crippen molar-refractivity contribution in [3.05, 3.63) is 71.9 Å². The van der Waals surface area contributed by atoms with E-state index in [4.69, 9.17) is 9.84 Å². The van der Waals surface area contributed by atoms with Gasteiger partial charge in [-0.3, -0.25) is 4.90 Å². The van der Waals surface area contributed by atoms with Gasteiger partial charge in [-0.05, 0) is 43.5 Å². The molecule has 0 saturated heterocycles. The average molecular weight is 408 g/mol. The largest absolute Gasteiger partial charge is 0.439 e. The first-order valence-electron chi connectivity index (χ1n) is 10.8. The van der Waals surface area contributed by atoms with Crippen LogP contribution in [0.15, 0.2) is 60.7 Å². The monoisotopic (exact) mass is 407 g/mol. The van der Waals surface area contributed by atoms with Crippen LogP contribution in [0, 0.1) is 5.92 Å². The van der Waals surface area contributed by atoms with Gasteiger partial charge < -0.3 is 9.84 Å². The lowest BCUT2D eigenvalue weighted by Gasteiger charge is -2.26. The van der Waals surface area contributed by atoms with Crippen molar-refractivity contribution < 1.29 is 9.84 Å². The first kappa shape index (κ1) is 22.1. The number of para-hydroxylation sites is 2. The highest BCUT2D eigenvalue weighted by Gasteiger charge is 2.23. The molecule has 0 spiro atoms. The summed E-state index contributed by atoms with van der Waals surface area (Å²) in [6, 6.07) is 19.9. The van der Waals surface area contributed by atoms with Gasteiger partial charge in [0.2, 0.25) is 5.88 Å². The Morgan fingerprint density at radius 3 is 2.17 bits per heavy atom. The van der Waals surface area contributed by atoms with Gasteiger partial charge in [0.1, 0.15) is 5.75 Å². The maximum absolute atomic E-state index is 10.0. The van der Waals surface area contributed by atoms with E-state index in [9.17, 15) is 5.11 Å². The van der Waals surface area contributed by atoms with Gasteiger partial charge in [0.05, 0.1) is 23.0 Å². The number of aliphatic hydroxyl groups is 1. The minimum absolute atomic E-state index is 0.392. The van der Waals surface area contributed by atoms with Crippen molar-refractivity contribution in [2.24, 2.45) is 5.92 Å². The molecule has 5 heteroatoms. The van der Waals surface area contributed by atoms with E-state index in [1.165, 1.54) is 0 Å². The summed E-state index contributed by atoms with van der Waals surface area (Å²) in [7, 11) is 0. The number of aryl methyl sites for hydroxylation is 1. The molecule has 0 aliphatic carbocycles. The third-order valence-corrected chi connectivity index (χ3v) is 4.84. The Kier molecular flexibility index (Phi) is 7.66. The van der Waals surface area contributed by atoms with Gasteiger partial charge in [0, 0.05) is 19.6 Å². The molecule has 30 heavy (non-hydrogen) atoms. The molecule has 0 unspecified atom stereocenters. The molecule has 3 rings (SSSR count). The second-order valence-corrected chi connectivity index (χ2v) is 8.18. The van der Waals surface area contributed by atoms with E-state index in [1.807, 2.05) is 72.3 Å². The predicted octanol–water partition coefficient (Wildman–Crippen LogP) is 5.07. The molecule has 0 radical (unpaired) electrons. The van der Waals surface area contributed by atoms with Gasteiger partial charge in [0.25, 0.3) is 0 Å². The minimum atomic E-state index is -0.392. The van der Waals surface area contributed by atoms with Crippen molar-refractivity contribution in [3.63, 3.8) is 0 Å². The second-order valence-electron chi connectivity index (χ2n) is 8.18. The summed E-state index contributed by atoms with van der Waals surface area (Å²) in [5.41, 5.74) is 3.06. The maximum atomic E-state index is 10.0. The fourth-order valence-corrected chi connectivity index (χ4v) is 3.69. The Bertz CT molecular complexity index is 895. The summed E-state index contributed by atoms with van der Waals surface area (Å²) in [5, 5.41) is 14.9. The van der Waals surface area contributed by atoms with E-state index in [-0.39, 0.29) is 0 Å². The molecule has 5 nitrogen and oxygen atoms in total. The van der Waals surface area contributed by atoms with Crippen LogP contribution in [-0.4, -0.2) is 39.0 Å². The first-order chi connectivity index (χ1) is 14.5. The Labute approximate surface area is 179 Å². The Morgan fingerprint density at radius 1 is 0.967 bits per heavy atom. The second kappa shape index (κ2) is 10.4. The summed E-state index contributed by atoms with van der Waals surface area (Å²) in [6.45, 7) is 10.5. The number of ether oxygens (including phenoxy) is 1. The van der Waals surface area contributed by atoms with E-state index in [2.05, 4.69) is 25.7 Å². The van der Waals surface area contributed by atoms with Crippen LogP contribution >= 0.6 is 0 Å². The van der Waals surface area contributed by atoms with Crippen molar-refractivity contribution >= 4 is 0 Å². The summed E-state index contributed by atoms with van der Waals surface area (Å²) >= 11 is 0. The lowest BCUT2D eigenvalue weighted by molar-refractivity contribution is 0.114. The zero-order chi connectivity index (χ0) is 21.5. The van der Waals surface area contributed by atoms with Crippen molar-refractivity contribution in [2.75, 3.05) is 13.1 Å². The van der Waals surface area contributed by atoms with Crippen LogP contribution in [0.5, 0.6) is 11.6 Å². The molecule has 0 aliphatic heterocycles. The molecule has 2 aromatic carbocycles. The number of hydrogen-bond acceptors (Lipinski definition) is 4. The Morgan fingerprint density at radius 2 is 1.60 bits per heavy atom. The Balaban J connectivity index is 2.06. The number of aromatic nitrogens is 2. The van der Waals surface area contributed by atoms with Crippen LogP contribution < -0.4 is 4.74 Å². The third kappa shape index (κ3) is 5.71. The fraction of sp³-hybridized carbons (Fsp3) is 0.400. The highest BCUT2D eigenvalue weighted by atomic mass is 16.5. The summed E-state index contributed by atoms with van der Waals surface area (Å²) in [6.07, 6.45) is 0.418. The molecule has 1 aromatic heterocycles. The van der Waals surface area contributed by atoms with Crippen molar-refractivity contribution in [1.29, 1.82) is 0 Å². The standard InChI is InChI=1S/C25H33N3O2/c1-5-24-23(18-27(16-19(2)3)17-20(4)29)25(30-22-14-10-7-11-15-22)28(26-24)21-12-8-6-9-13-21/h6-15,19-20,29H,5,16-18H2,1-4H3/t20-/m0/s1. The van der Waals surface area contributed by atoms with Crippen LogP contribution in [0.25, 0.3) is 5.69 Å². The van der Waals surface area contributed by atoms with Crippen LogP contribution in [0.2, 0.25) is 0 Å². The van der Waals surface area contributed by atoms with Crippen LogP contribution in [0.4, 0.5) is 0 Å². The predicted molar refractivity (Wildman–Crippen MR) is 121 cm³/mol. The number of aliphatic hydroxyl groups excluding tert-OH is 1. The zero-order valence-corrected chi connectivity index (χ0v) is 18.5. The van der Waals surface area contributed by atoms with E-state index < -0.39 is 6.10 Å². The molecule has 1 N–H and O–H groups in total. The normalized spacial score (nSPS) is 12.5. The van der Waals surface area contributed by atoms with E-state index in [1.54, 1.807) is 0 Å². The fourth-order valence-electron chi connectivity index (χ4n) is 3.69. The molecule has 1 atom stereocenters. The number of hydrogen-bond donors (Lipinski definition) is 1. The van der Waals surface area contributed by atoms with Gasteiger partial charge >= 0.3 is 0 Å². The SMILES string of the molecule is CCc1nn(-c2ccccc2)c(Oc2ccccc2)c1CN(CC(C)C)C[C@H](C)O. The molecule has 1 heterocycles. The van der Waals surface area contributed by atoms with E-state index in [0.717, 1.165) is 41.5 Å². The minimum Gasteiger partial charge on any atom is -0.439 e. The Hall–Kier alpha value is -2.63. The summed E-state index contributed by atoms with van der Waals surface area (Å²) < 4.78 is 8.30. The molecular formula is C25H33N3O2. The van der Waals surface area contributed by atoms with Gasteiger partial charge in [-0.15, -0.1) is 0 Å². The van der Waals surface area contributed by atoms with Crippen LogP contribution in [0.1, 0.15) is 39.0 Å². The molecule has 0 bridgehead atoms. The molecular weight excluding hydrogens is 374 g/mol. The van der Waals surface area contributed by atoms with E-state index >= 15 is 0 Å². The number of benzene rings is 2. The number of nitrogens with zero attached hydrogens (tertiary/aromatic N) is 3. The highest BCUT2D eigenvalue weighted by Crippen LogP contribution is 2.32. The van der Waals surface area contributed by atoms with Crippen molar-refractivity contribution in [3.8, 4) is 17.3 Å². The van der Waals surface area contributed by atoms with Crippen molar-refractivity contribution in [2.45, 2.75) is 46.8 Å². The smallest absolute Gasteiger partial charge is 0.227 e. The lowest BCUT2D eigenvalue weighted by Crippen LogP contribution is -2.33. The first-order valence-corrected chi connectivity index (χ1v) is 10.8. The third-order valence-electron chi connectivity index (χ3n) is 4.84. The van der Waals surface area contributed by atoms with Gasteiger partial charge in [-0.1, -0.05) is 57.2 Å². The quantitative estimate of drug-likeness (QED) is 0.510. The van der Waals surface area contributed by atoms with E-state index in [0.29, 0.717) is 19.0 Å². The molecule has 160 valence electrons.